The third-order valence-corrected chi connectivity index (χ3v) is 9.78. The molecule has 6 rings (SSSR count). The van der Waals surface area contributed by atoms with Crippen LogP contribution in [-0.2, 0) is 16.0 Å². The highest BCUT2D eigenvalue weighted by molar-refractivity contribution is 7.90. The van der Waals surface area contributed by atoms with Crippen LogP contribution in [0.5, 0.6) is 0 Å². The van der Waals surface area contributed by atoms with Gasteiger partial charge in [0.2, 0.25) is 0 Å². The first-order valence-corrected chi connectivity index (χ1v) is 19.0. The minimum atomic E-state index is -4.56. The van der Waals surface area contributed by atoms with Crippen LogP contribution >= 0.6 is 23.2 Å². The van der Waals surface area contributed by atoms with Crippen molar-refractivity contribution in [1.82, 2.24) is 15.0 Å². The second kappa shape index (κ2) is 16.8. The SMILES string of the molecule is Cc1ccc(-c2cc(NC(=O)c3ccc(C(F)(F)F)nc3C)ccc2Cl)nc1.Cc1ccc(-c2cc(NC(=O)c3ccc(S(C)(=O)=O)cc3)ccc2Cl)nc1. The topological polar surface area (TPSA) is 131 Å². The van der Waals surface area contributed by atoms with Crippen molar-refractivity contribution in [2.75, 3.05) is 16.9 Å². The number of amides is 2. The van der Waals surface area contributed by atoms with Gasteiger partial charge in [-0.2, -0.15) is 13.2 Å². The van der Waals surface area contributed by atoms with E-state index in [1.54, 1.807) is 48.8 Å². The summed E-state index contributed by atoms with van der Waals surface area (Å²) in [6, 6.07) is 25.2. The standard InChI is InChI=1S/C20H15ClF3N3O.C20H17ClN2O3S/c1-11-3-7-17(25-10-11)15-9-13(4-6-16(15)21)27-19(28)14-5-8-18(20(22,23)24)26-12(14)2;1-13-3-10-19(22-12-13)17-11-15(6-9-18(17)21)23-20(24)14-4-7-16(8-5-14)27(2,25)26/h3-10H,1-2H3,(H,27,28);3-12H,1-2H3,(H,23,24). The number of sulfone groups is 1. The monoisotopic (exact) mass is 805 g/mol. The molecule has 0 bridgehead atoms. The first kappa shape index (κ1) is 40.6. The van der Waals surface area contributed by atoms with Crippen molar-refractivity contribution in [2.24, 2.45) is 0 Å². The number of nitrogens with zero attached hydrogens (tertiary/aromatic N) is 3. The van der Waals surface area contributed by atoms with E-state index >= 15 is 0 Å². The minimum Gasteiger partial charge on any atom is -0.322 e. The molecule has 6 aromatic rings. The van der Waals surface area contributed by atoms with Crippen molar-refractivity contribution in [3.8, 4) is 22.5 Å². The third kappa shape index (κ3) is 10.5. The fourth-order valence-corrected chi connectivity index (χ4v) is 6.13. The first-order valence-electron chi connectivity index (χ1n) is 16.3. The Labute approximate surface area is 325 Å². The highest BCUT2D eigenvalue weighted by Crippen LogP contribution is 2.32. The predicted octanol–water partition coefficient (Wildman–Crippen LogP) is 10.1. The summed E-state index contributed by atoms with van der Waals surface area (Å²) in [5.74, 6) is -0.913. The summed E-state index contributed by atoms with van der Waals surface area (Å²) in [5, 5.41) is 6.44. The van der Waals surface area contributed by atoms with Gasteiger partial charge in [-0.3, -0.25) is 19.6 Å². The molecule has 0 aliphatic heterocycles. The molecule has 0 spiro atoms. The Kier molecular flexibility index (Phi) is 12.4. The molecule has 0 atom stereocenters. The lowest BCUT2D eigenvalue weighted by molar-refractivity contribution is -0.141. The molecule has 0 fully saturated rings. The molecule has 3 aromatic heterocycles. The Morgan fingerprint density at radius 2 is 1.15 bits per heavy atom. The molecule has 3 aromatic carbocycles. The van der Waals surface area contributed by atoms with Crippen molar-refractivity contribution in [1.29, 1.82) is 0 Å². The molecule has 282 valence electrons. The molecular weight excluding hydrogens is 774 g/mol. The summed E-state index contributed by atoms with van der Waals surface area (Å²) in [6.07, 6.45) is 0.0106. The zero-order valence-corrected chi connectivity index (χ0v) is 32.0. The van der Waals surface area contributed by atoms with Crippen LogP contribution in [0, 0.1) is 20.8 Å². The number of carbonyl (C=O) groups is 2. The van der Waals surface area contributed by atoms with Crippen molar-refractivity contribution < 1.29 is 31.2 Å². The van der Waals surface area contributed by atoms with Crippen LogP contribution in [0.3, 0.4) is 0 Å². The Balaban J connectivity index is 0.000000211. The van der Waals surface area contributed by atoms with Gasteiger partial charge in [0, 0.05) is 46.7 Å². The zero-order chi connectivity index (χ0) is 40.1. The second-order valence-electron chi connectivity index (χ2n) is 12.4. The largest absolute Gasteiger partial charge is 0.433 e. The van der Waals surface area contributed by atoms with Crippen LogP contribution in [0.1, 0.15) is 43.2 Å². The minimum absolute atomic E-state index is 0.0123. The molecule has 0 unspecified atom stereocenters. The number of carbonyl (C=O) groups excluding carboxylic acids is 2. The smallest absolute Gasteiger partial charge is 0.322 e. The molecule has 3 heterocycles. The van der Waals surface area contributed by atoms with Crippen molar-refractivity contribution in [3.05, 3.63) is 153 Å². The number of hydrogen-bond acceptors (Lipinski definition) is 7. The Bertz CT molecular complexity index is 2480. The normalized spacial score (nSPS) is 11.3. The number of aromatic nitrogens is 3. The van der Waals surface area contributed by atoms with Gasteiger partial charge in [0.05, 0.1) is 37.6 Å². The number of benzene rings is 3. The Hall–Kier alpha value is -5.63. The van der Waals surface area contributed by atoms with E-state index in [0.717, 1.165) is 29.5 Å². The molecule has 2 N–H and O–H groups in total. The molecule has 0 saturated heterocycles. The molecular formula is C40H32Cl2F3N5O4S. The zero-order valence-electron chi connectivity index (χ0n) is 29.7. The van der Waals surface area contributed by atoms with Crippen molar-refractivity contribution in [3.63, 3.8) is 0 Å². The lowest BCUT2D eigenvalue weighted by atomic mass is 10.1. The summed E-state index contributed by atoms with van der Waals surface area (Å²) in [7, 11) is -3.30. The number of alkyl halides is 3. The van der Waals surface area contributed by atoms with E-state index in [1.165, 1.54) is 31.2 Å². The van der Waals surface area contributed by atoms with E-state index in [2.05, 4.69) is 25.6 Å². The van der Waals surface area contributed by atoms with Crippen molar-refractivity contribution >= 4 is 56.2 Å². The summed E-state index contributed by atoms with van der Waals surface area (Å²) in [6.45, 7) is 5.22. The molecule has 2 amide bonds. The van der Waals surface area contributed by atoms with E-state index in [4.69, 9.17) is 23.2 Å². The quantitative estimate of drug-likeness (QED) is 0.164. The maximum Gasteiger partial charge on any atom is 0.433 e. The number of rotatable bonds is 7. The average Bonchev–Trinajstić information content (AvgIpc) is 3.13. The van der Waals surface area contributed by atoms with Crippen molar-refractivity contribution in [2.45, 2.75) is 31.8 Å². The number of anilines is 2. The van der Waals surface area contributed by atoms with Gasteiger partial charge in [-0.05, 0) is 117 Å². The highest BCUT2D eigenvalue weighted by atomic mass is 35.5. The number of nitrogens with one attached hydrogen (secondary N) is 2. The molecule has 9 nitrogen and oxygen atoms in total. The van der Waals surface area contributed by atoms with Crippen LogP contribution in [0.15, 0.2) is 114 Å². The van der Waals surface area contributed by atoms with Gasteiger partial charge in [0.25, 0.3) is 11.8 Å². The molecule has 55 heavy (non-hydrogen) atoms. The molecule has 15 heteroatoms. The second-order valence-corrected chi connectivity index (χ2v) is 15.2. The summed E-state index contributed by atoms with van der Waals surface area (Å²) < 4.78 is 61.2. The van der Waals surface area contributed by atoms with Crippen LogP contribution in [0.4, 0.5) is 24.5 Å². The summed E-state index contributed by atoms with van der Waals surface area (Å²) in [4.78, 5) is 37.3. The third-order valence-electron chi connectivity index (χ3n) is 7.99. The van der Waals surface area contributed by atoms with Gasteiger partial charge >= 0.3 is 6.18 Å². The van der Waals surface area contributed by atoms with E-state index in [-0.39, 0.29) is 22.1 Å². The molecule has 0 aliphatic carbocycles. The van der Waals surface area contributed by atoms with Crippen LogP contribution in [0.25, 0.3) is 22.5 Å². The predicted molar refractivity (Wildman–Crippen MR) is 208 cm³/mol. The van der Waals surface area contributed by atoms with Gasteiger partial charge in [-0.25, -0.2) is 13.4 Å². The number of halogens is 5. The van der Waals surface area contributed by atoms with Gasteiger partial charge in [0.15, 0.2) is 9.84 Å². The molecule has 0 aliphatic rings. The van der Waals surface area contributed by atoms with E-state index < -0.39 is 27.6 Å². The van der Waals surface area contributed by atoms with Crippen LogP contribution in [-0.4, -0.2) is 41.4 Å². The average molecular weight is 807 g/mol. The van der Waals surface area contributed by atoms with Crippen LogP contribution < -0.4 is 10.6 Å². The van der Waals surface area contributed by atoms with E-state index in [0.29, 0.717) is 49.5 Å². The van der Waals surface area contributed by atoms with Gasteiger partial charge in [-0.15, -0.1) is 0 Å². The fourth-order valence-electron chi connectivity index (χ4n) is 5.07. The Morgan fingerprint density at radius 3 is 1.56 bits per heavy atom. The molecule has 0 saturated carbocycles. The van der Waals surface area contributed by atoms with E-state index in [1.807, 2.05) is 38.1 Å². The lowest BCUT2D eigenvalue weighted by Gasteiger charge is -2.12. The Morgan fingerprint density at radius 1 is 0.655 bits per heavy atom. The maximum atomic E-state index is 12.7. The fraction of sp³-hybridized carbons (Fsp3) is 0.125. The summed E-state index contributed by atoms with van der Waals surface area (Å²) >= 11 is 12.5. The van der Waals surface area contributed by atoms with E-state index in [9.17, 15) is 31.2 Å². The van der Waals surface area contributed by atoms with Gasteiger partial charge < -0.3 is 10.6 Å². The first-order chi connectivity index (χ1) is 25.9. The van der Waals surface area contributed by atoms with Gasteiger partial charge in [0.1, 0.15) is 5.69 Å². The summed E-state index contributed by atoms with van der Waals surface area (Å²) in [5.41, 5.74) is 5.07. The maximum absolute atomic E-state index is 12.7. The highest BCUT2D eigenvalue weighted by Gasteiger charge is 2.33. The number of pyridine rings is 3. The van der Waals surface area contributed by atoms with Crippen LogP contribution in [0.2, 0.25) is 10.0 Å². The molecule has 0 radical (unpaired) electrons. The number of hydrogen-bond donors (Lipinski definition) is 2. The lowest BCUT2D eigenvalue weighted by Crippen LogP contribution is -2.16. The number of aryl methyl sites for hydroxylation is 3. The van der Waals surface area contributed by atoms with Gasteiger partial charge in [-0.1, -0.05) is 35.3 Å².